The molecule has 0 bridgehead atoms. The number of rotatable bonds is 5. The molecule has 0 aliphatic rings. The molecule has 3 aromatic heterocycles. The highest BCUT2D eigenvalue weighted by atomic mass is 19.1. The lowest BCUT2D eigenvalue weighted by Gasteiger charge is -2.17. The number of nitrogens with zero attached hydrogens (tertiary/aromatic N) is 7. The zero-order chi connectivity index (χ0) is 23.8. The van der Waals surface area contributed by atoms with Gasteiger partial charge >= 0.3 is 0 Å². The number of benzene rings is 1. The minimum atomic E-state index is -1.08. The Balaban J connectivity index is 1.70. The highest BCUT2D eigenvalue weighted by molar-refractivity contribution is 5.69. The van der Waals surface area contributed by atoms with Crippen LogP contribution in [0.3, 0.4) is 0 Å². The van der Waals surface area contributed by atoms with E-state index < -0.39 is 11.4 Å². The van der Waals surface area contributed by atoms with Crippen molar-refractivity contribution in [2.45, 2.75) is 32.9 Å². The first-order chi connectivity index (χ1) is 15.7. The third-order valence-corrected chi connectivity index (χ3v) is 5.11. The zero-order valence-corrected chi connectivity index (χ0v) is 18.3. The molecule has 10 heteroatoms. The number of nitriles is 1. The van der Waals surface area contributed by atoms with Gasteiger partial charge in [0.2, 0.25) is 0 Å². The maximum atomic E-state index is 14.8. The largest absolute Gasteiger partial charge is 0.384 e. The summed E-state index contributed by atoms with van der Waals surface area (Å²) < 4.78 is 16.3. The van der Waals surface area contributed by atoms with E-state index >= 15 is 0 Å². The van der Waals surface area contributed by atoms with E-state index in [-0.39, 0.29) is 29.6 Å². The van der Waals surface area contributed by atoms with Crippen molar-refractivity contribution >= 4 is 5.82 Å². The maximum absolute atomic E-state index is 14.8. The molecule has 0 spiro atoms. The maximum Gasteiger partial charge on any atom is 0.193 e. The van der Waals surface area contributed by atoms with Gasteiger partial charge in [-0.05, 0) is 44.5 Å². The fraction of sp³-hybridized carbons (Fsp3) is 0.217. The zero-order valence-electron chi connectivity index (χ0n) is 18.3. The number of pyridine rings is 1. The summed E-state index contributed by atoms with van der Waals surface area (Å²) >= 11 is 0. The average molecular weight is 444 g/mol. The highest BCUT2D eigenvalue weighted by Gasteiger charge is 2.20. The van der Waals surface area contributed by atoms with Crippen LogP contribution in [-0.4, -0.2) is 35.1 Å². The van der Waals surface area contributed by atoms with Crippen LogP contribution in [0.4, 0.5) is 10.2 Å². The Morgan fingerprint density at radius 2 is 1.91 bits per heavy atom. The van der Waals surface area contributed by atoms with Crippen molar-refractivity contribution < 1.29 is 9.50 Å². The molecule has 0 amide bonds. The Hall–Kier alpha value is -4.23. The molecule has 0 unspecified atom stereocenters. The lowest BCUT2D eigenvalue weighted by atomic mass is 10.0. The predicted octanol–water partition coefficient (Wildman–Crippen LogP) is 2.97. The molecular weight excluding hydrogens is 423 g/mol. The minimum Gasteiger partial charge on any atom is -0.384 e. The van der Waals surface area contributed by atoms with Crippen molar-refractivity contribution in [1.29, 1.82) is 5.26 Å². The molecular formula is C23H21FN8O. The molecule has 0 fully saturated rings. The van der Waals surface area contributed by atoms with Gasteiger partial charge in [-0.15, -0.1) is 5.10 Å². The van der Waals surface area contributed by atoms with E-state index in [0.717, 1.165) is 0 Å². The van der Waals surface area contributed by atoms with Crippen molar-refractivity contribution in [2.75, 3.05) is 5.73 Å². The smallest absolute Gasteiger partial charge is 0.193 e. The molecule has 0 aliphatic carbocycles. The van der Waals surface area contributed by atoms with Gasteiger partial charge in [0.05, 0.1) is 35.8 Å². The number of nitrogens with two attached hydrogens (primary N) is 1. The highest BCUT2D eigenvalue weighted by Crippen LogP contribution is 2.28. The number of aliphatic hydroxyl groups is 1. The lowest BCUT2D eigenvalue weighted by Crippen LogP contribution is -2.18. The number of hydrogen-bond acceptors (Lipinski definition) is 8. The summed E-state index contributed by atoms with van der Waals surface area (Å²) in [5.74, 6) is -0.944. The van der Waals surface area contributed by atoms with Gasteiger partial charge in [0, 0.05) is 5.56 Å². The van der Waals surface area contributed by atoms with Crippen LogP contribution in [0.25, 0.3) is 22.8 Å². The molecule has 1 aromatic carbocycles. The van der Waals surface area contributed by atoms with Crippen LogP contribution in [0, 0.1) is 24.1 Å². The van der Waals surface area contributed by atoms with E-state index in [1.165, 1.54) is 10.9 Å². The van der Waals surface area contributed by atoms with Crippen molar-refractivity contribution in [3.8, 4) is 28.8 Å². The Morgan fingerprint density at radius 1 is 1.15 bits per heavy atom. The van der Waals surface area contributed by atoms with Crippen LogP contribution in [0.5, 0.6) is 0 Å². The predicted molar refractivity (Wildman–Crippen MR) is 119 cm³/mol. The Morgan fingerprint density at radius 3 is 2.64 bits per heavy atom. The summed E-state index contributed by atoms with van der Waals surface area (Å²) in [4.78, 5) is 12.9. The number of hydrogen-bond donors (Lipinski definition) is 2. The SMILES string of the molecule is Cc1c(C#N)cccc1-c1nc(N)c(F)c(-c2cn(Cc3cccc(C(C)(C)O)n3)nn2)n1. The van der Waals surface area contributed by atoms with Crippen molar-refractivity contribution in [3.63, 3.8) is 0 Å². The second-order valence-corrected chi connectivity index (χ2v) is 8.06. The van der Waals surface area contributed by atoms with E-state index in [4.69, 9.17) is 5.73 Å². The van der Waals surface area contributed by atoms with Crippen molar-refractivity contribution in [2.24, 2.45) is 0 Å². The fourth-order valence-corrected chi connectivity index (χ4v) is 3.31. The van der Waals surface area contributed by atoms with Crippen LogP contribution in [0.2, 0.25) is 0 Å². The Labute approximate surface area is 189 Å². The van der Waals surface area contributed by atoms with Crippen molar-refractivity contribution in [3.05, 3.63) is 70.9 Å². The van der Waals surface area contributed by atoms with Crippen LogP contribution in [0.15, 0.2) is 42.6 Å². The molecule has 4 rings (SSSR count). The van der Waals surface area contributed by atoms with Crippen LogP contribution >= 0.6 is 0 Å². The molecule has 3 heterocycles. The molecule has 166 valence electrons. The van der Waals surface area contributed by atoms with Gasteiger partial charge in [0.25, 0.3) is 0 Å². The third kappa shape index (κ3) is 4.40. The minimum absolute atomic E-state index is 0.0938. The average Bonchev–Trinajstić information content (AvgIpc) is 3.23. The standard InChI is InChI=1S/C23H21FN8O/c1-13-14(10-25)6-4-8-16(13)22-28-20(19(24)21(26)29-22)17-12-32(31-30-17)11-15-7-5-9-18(27-15)23(2,3)33/h4-9,12,33H,11H2,1-3H3,(H2,26,28,29). The number of aromatic nitrogens is 6. The Kier molecular flexibility index (Phi) is 5.57. The third-order valence-electron chi connectivity index (χ3n) is 5.11. The second kappa shape index (κ2) is 8.37. The molecule has 33 heavy (non-hydrogen) atoms. The summed E-state index contributed by atoms with van der Waals surface area (Å²) in [6.07, 6.45) is 1.53. The van der Waals surface area contributed by atoms with Crippen molar-refractivity contribution in [1.82, 2.24) is 29.9 Å². The number of nitrogen functional groups attached to an aromatic ring is 1. The topological polar surface area (TPSA) is 139 Å². The van der Waals surface area contributed by atoms with E-state index in [9.17, 15) is 14.8 Å². The molecule has 0 atom stereocenters. The molecule has 0 aliphatic heterocycles. The van der Waals surface area contributed by atoms with Crippen LogP contribution < -0.4 is 5.73 Å². The summed E-state index contributed by atoms with van der Waals surface area (Å²) in [6.45, 7) is 5.33. The van der Waals surface area contributed by atoms with E-state index in [1.54, 1.807) is 57.2 Å². The second-order valence-electron chi connectivity index (χ2n) is 8.06. The monoisotopic (exact) mass is 444 g/mol. The number of anilines is 1. The van der Waals surface area contributed by atoms with Gasteiger partial charge < -0.3 is 10.8 Å². The first-order valence-electron chi connectivity index (χ1n) is 10.1. The van der Waals surface area contributed by atoms with E-state index in [2.05, 4.69) is 31.3 Å². The lowest BCUT2D eigenvalue weighted by molar-refractivity contribution is 0.0736. The first kappa shape index (κ1) is 22.0. The molecule has 0 saturated heterocycles. The Bertz CT molecular complexity index is 1380. The summed E-state index contributed by atoms with van der Waals surface area (Å²) in [7, 11) is 0. The summed E-state index contributed by atoms with van der Waals surface area (Å²) in [5.41, 5.74) is 7.70. The first-order valence-corrected chi connectivity index (χ1v) is 10.1. The summed E-state index contributed by atoms with van der Waals surface area (Å²) in [5, 5.41) is 27.6. The molecule has 0 radical (unpaired) electrons. The fourth-order valence-electron chi connectivity index (χ4n) is 3.31. The van der Waals surface area contributed by atoms with E-state index in [0.29, 0.717) is 28.1 Å². The van der Waals surface area contributed by atoms with Crippen LogP contribution in [0.1, 0.15) is 36.4 Å². The molecule has 0 saturated carbocycles. The quantitative estimate of drug-likeness (QED) is 0.479. The van der Waals surface area contributed by atoms with E-state index in [1.807, 2.05) is 0 Å². The van der Waals surface area contributed by atoms with Gasteiger partial charge in [-0.2, -0.15) is 5.26 Å². The number of halogens is 1. The van der Waals surface area contributed by atoms with Gasteiger partial charge in [-0.3, -0.25) is 4.98 Å². The normalized spacial score (nSPS) is 11.4. The van der Waals surface area contributed by atoms with Gasteiger partial charge in [-0.25, -0.2) is 19.0 Å². The van der Waals surface area contributed by atoms with Gasteiger partial charge in [0.15, 0.2) is 17.5 Å². The van der Waals surface area contributed by atoms with Crippen LogP contribution in [-0.2, 0) is 12.1 Å². The molecule has 9 nitrogen and oxygen atoms in total. The molecule has 4 aromatic rings. The van der Waals surface area contributed by atoms with Gasteiger partial charge in [-0.1, -0.05) is 23.4 Å². The molecule has 3 N–H and O–H groups in total. The summed E-state index contributed by atoms with van der Waals surface area (Å²) in [6, 6.07) is 12.6. The van der Waals surface area contributed by atoms with Gasteiger partial charge in [0.1, 0.15) is 17.0 Å².